The zero-order valence-corrected chi connectivity index (χ0v) is 21.5. The number of unbranched alkanes of at least 4 members (excludes halogenated alkanes) is 2. The van der Waals surface area contributed by atoms with Crippen LogP contribution in [0.1, 0.15) is 43.2 Å². The Balaban J connectivity index is 1.33. The van der Waals surface area contributed by atoms with Gasteiger partial charge < -0.3 is 29.6 Å². The summed E-state index contributed by atoms with van der Waals surface area (Å²) in [7, 11) is 0. The monoisotopic (exact) mass is 528 g/mol. The Kier molecular flexibility index (Phi) is 15.3. The third-order valence-corrected chi connectivity index (χ3v) is 5.27. The van der Waals surface area contributed by atoms with E-state index in [2.05, 4.69) is 10.6 Å². The molecule has 0 aliphatic carbocycles. The van der Waals surface area contributed by atoms with Crippen LogP contribution in [0.15, 0.2) is 60.7 Å². The van der Waals surface area contributed by atoms with E-state index in [-0.39, 0.29) is 26.1 Å². The highest BCUT2D eigenvalue weighted by Crippen LogP contribution is 2.02. The van der Waals surface area contributed by atoms with E-state index >= 15 is 0 Å². The zero-order valence-electron chi connectivity index (χ0n) is 21.5. The Morgan fingerprint density at radius 1 is 0.553 bits per heavy atom. The van der Waals surface area contributed by atoms with Crippen LogP contribution in [0.25, 0.3) is 0 Å². The molecule has 2 N–H and O–H groups in total. The third kappa shape index (κ3) is 15.2. The number of rotatable bonds is 18. The Labute approximate surface area is 223 Å². The van der Waals surface area contributed by atoms with E-state index in [9.17, 15) is 19.2 Å². The molecule has 0 saturated heterocycles. The first kappa shape index (κ1) is 30.3. The number of hydrogen-bond donors (Lipinski definition) is 2. The lowest BCUT2D eigenvalue weighted by Crippen LogP contribution is -2.27. The molecule has 0 fully saturated rings. The lowest BCUT2D eigenvalue weighted by molar-refractivity contribution is -0.166. The number of ether oxygens (including phenoxy) is 4. The van der Waals surface area contributed by atoms with E-state index < -0.39 is 30.8 Å². The number of amides is 1. The van der Waals surface area contributed by atoms with Gasteiger partial charge in [0.15, 0.2) is 0 Å². The van der Waals surface area contributed by atoms with Gasteiger partial charge in [-0.15, -0.1) is 0 Å². The average Bonchev–Trinajstić information content (AvgIpc) is 2.91. The molecule has 0 aliphatic heterocycles. The van der Waals surface area contributed by atoms with Crippen molar-refractivity contribution in [2.75, 3.05) is 33.2 Å². The van der Waals surface area contributed by atoms with Gasteiger partial charge in [0.1, 0.15) is 0 Å². The number of hydrogen-bond acceptors (Lipinski definition) is 9. The van der Waals surface area contributed by atoms with Gasteiger partial charge in [0.25, 0.3) is 0 Å². The number of carbonyl (C=O) groups is 4. The van der Waals surface area contributed by atoms with Crippen LogP contribution in [-0.2, 0) is 46.2 Å². The molecule has 2 aromatic rings. The Bertz CT molecular complexity index is 890. The first-order valence-corrected chi connectivity index (χ1v) is 12.7. The molecule has 0 atom stereocenters. The molecule has 1 amide bonds. The summed E-state index contributed by atoms with van der Waals surface area (Å²) in [6.45, 7) is 1.11. The molecular formula is C28H36N2O8. The molecule has 10 nitrogen and oxygen atoms in total. The van der Waals surface area contributed by atoms with E-state index in [1.165, 1.54) is 0 Å². The van der Waals surface area contributed by atoms with Crippen molar-refractivity contribution in [1.82, 2.24) is 10.6 Å². The summed E-state index contributed by atoms with van der Waals surface area (Å²) in [6.07, 6.45) is 3.06. The van der Waals surface area contributed by atoms with E-state index in [0.717, 1.165) is 36.9 Å². The molecule has 0 radical (unpaired) electrons. The fraction of sp³-hybridized carbons (Fsp3) is 0.429. The maximum Gasteiger partial charge on any atom is 0.410 e. The second-order valence-corrected chi connectivity index (χ2v) is 8.38. The second kappa shape index (κ2) is 19.2. The summed E-state index contributed by atoms with van der Waals surface area (Å²) >= 11 is 0. The van der Waals surface area contributed by atoms with Crippen LogP contribution in [0.2, 0.25) is 0 Å². The Morgan fingerprint density at radius 2 is 1.05 bits per heavy atom. The maximum atomic E-state index is 11.7. The van der Waals surface area contributed by atoms with Crippen LogP contribution < -0.4 is 10.6 Å². The number of alkyl carbamates (subject to hydrolysis) is 1. The van der Waals surface area contributed by atoms with Gasteiger partial charge in [0.2, 0.25) is 13.6 Å². The van der Waals surface area contributed by atoms with Crippen molar-refractivity contribution in [3.8, 4) is 0 Å². The second-order valence-electron chi connectivity index (χ2n) is 8.38. The molecule has 0 saturated carbocycles. The topological polar surface area (TPSA) is 129 Å². The van der Waals surface area contributed by atoms with Crippen LogP contribution >= 0.6 is 0 Å². The van der Waals surface area contributed by atoms with Gasteiger partial charge in [-0.25, -0.2) is 4.79 Å². The van der Waals surface area contributed by atoms with Gasteiger partial charge in [0, 0.05) is 13.0 Å². The first-order chi connectivity index (χ1) is 18.5. The molecule has 0 unspecified atom stereocenters. The van der Waals surface area contributed by atoms with Gasteiger partial charge in [-0.1, -0.05) is 67.1 Å². The van der Waals surface area contributed by atoms with Crippen LogP contribution in [-0.4, -0.2) is 57.2 Å². The van der Waals surface area contributed by atoms with Crippen LogP contribution in [0.4, 0.5) is 4.79 Å². The standard InChI is InChI=1S/C28H36N2O8/c31-25(35-21-36-26(32)19-23-11-4-1-5-12-23)15-10-17-29-16-8-3-9-18-30-28(34)38-22-37-27(33)20-24-13-6-2-7-14-24/h1-2,4-7,11-14,29H,3,8-10,15-22H2,(H,30,34). The summed E-state index contributed by atoms with van der Waals surface area (Å²) in [5.74, 6) is -1.32. The van der Waals surface area contributed by atoms with Crippen molar-refractivity contribution in [3.63, 3.8) is 0 Å². The number of benzene rings is 2. The molecule has 2 rings (SSSR count). The van der Waals surface area contributed by atoms with Crippen LogP contribution in [0.3, 0.4) is 0 Å². The molecule has 0 heterocycles. The van der Waals surface area contributed by atoms with Crippen molar-refractivity contribution in [2.45, 2.75) is 44.9 Å². The largest absolute Gasteiger partial charge is 0.428 e. The van der Waals surface area contributed by atoms with Gasteiger partial charge >= 0.3 is 24.0 Å². The summed E-state index contributed by atoms with van der Waals surface area (Å²) < 4.78 is 19.6. The summed E-state index contributed by atoms with van der Waals surface area (Å²) in [4.78, 5) is 46.7. The molecule has 0 spiro atoms. The minimum absolute atomic E-state index is 0.122. The molecule has 10 heteroatoms. The lowest BCUT2D eigenvalue weighted by Gasteiger charge is -2.08. The Morgan fingerprint density at radius 3 is 1.66 bits per heavy atom. The predicted octanol–water partition coefficient (Wildman–Crippen LogP) is 3.28. The molecule has 2 aromatic carbocycles. The molecule has 0 bridgehead atoms. The smallest absolute Gasteiger partial charge is 0.410 e. The fourth-order valence-corrected chi connectivity index (χ4v) is 3.28. The quantitative estimate of drug-likeness (QED) is 0.170. The predicted molar refractivity (Wildman–Crippen MR) is 139 cm³/mol. The Hall–Kier alpha value is -3.92. The van der Waals surface area contributed by atoms with Crippen molar-refractivity contribution >= 4 is 24.0 Å². The van der Waals surface area contributed by atoms with Crippen LogP contribution in [0, 0.1) is 0 Å². The molecular weight excluding hydrogens is 492 g/mol. The fourth-order valence-electron chi connectivity index (χ4n) is 3.28. The van der Waals surface area contributed by atoms with E-state index in [1.807, 2.05) is 60.7 Å². The van der Waals surface area contributed by atoms with Gasteiger partial charge in [-0.05, 0) is 43.5 Å². The summed E-state index contributed by atoms with van der Waals surface area (Å²) in [6, 6.07) is 18.4. The average molecular weight is 529 g/mol. The lowest BCUT2D eigenvalue weighted by atomic mass is 10.2. The first-order valence-electron chi connectivity index (χ1n) is 12.7. The zero-order chi connectivity index (χ0) is 27.3. The number of carbonyl (C=O) groups excluding carboxylic acids is 4. The van der Waals surface area contributed by atoms with Crippen molar-refractivity contribution in [3.05, 3.63) is 71.8 Å². The van der Waals surface area contributed by atoms with Crippen molar-refractivity contribution < 1.29 is 38.1 Å². The molecule has 0 aliphatic rings. The van der Waals surface area contributed by atoms with Crippen molar-refractivity contribution in [2.24, 2.45) is 0 Å². The minimum atomic E-state index is -0.631. The summed E-state index contributed by atoms with van der Waals surface area (Å²) in [5, 5.41) is 5.85. The summed E-state index contributed by atoms with van der Waals surface area (Å²) in [5.41, 5.74) is 1.66. The third-order valence-electron chi connectivity index (χ3n) is 5.27. The molecule has 0 aromatic heterocycles. The van der Waals surface area contributed by atoms with E-state index in [4.69, 9.17) is 18.9 Å². The maximum absolute atomic E-state index is 11.7. The molecule has 38 heavy (non-hydrogen) atoms. The highest BCUT2D eigenvalue weighted by atomic mass is 16.7. The minimum Gasteiger partial charge on any atom is -0.428 e. The normalized spacial score (nSPS) is 10.3. The van der Waals surface area contributed by atoms with E-state index in [1.54, 1.807) is 0 Å². The van der Waals surface area contributed by atoms with Gasteiger partial charge in [-0.3, -0.25) is 14.4 Å². The van der Waals surface area contributed by atoms with Gasteiger partial charge in [-0.2, -0.15) is 0 Å². The number of esters is 3. The highest BCUT2D eigenvalue weighted by molar-refractivity contribution is 5.73. The number of nitrogens with one attached hydrogen (secondary N) is 2. The highest BCUT2D eigenvalue weighted by Gasteiger charge is 2.08. The van der Waals surface area contributed by atoms with Crippen LogP contribution in [0.5, 0.6) is 0 Å². The molecule has 206 valence electrons. The van der Waals surface area contributed by atoms with Gasteiger partial charge in [0.05, 0.1) is 12.8 Å². The van der Waals surface area contributed by atoms with E-state index in [0.29, 0.717) is 19.5 Å². The van der Waals surface area contributed by atoms with Crippen molar-refractivity contribution in [1.29, 1.82) is 0 Å². The SMILES string of the molecule is O=C(CCCNCCCCCNC(=O)OCOC(=O)Cc1ccccc1)OCOC(=O)Cc1ccccc1.